The lowest BCUT2D eigenvalue weighted by Gasteiger charge is -2.10. The van der Waals surface area contributed by atoms with Gasteiger partial charge >= 0.3 is 0 Å². The molecule has 21 heavy (non-hydrogen) atoms. The summed E-state index contributed by atoms with van der Waals surface area (Å²) in [5, 5.41) is 13.8. The van der Waals surface area contributed by atoms with Gasteiger partial charge in [-0.2, -0.15) is 0 Å². The normalized spacial score (nSPS) is 13.6. The Balaban J connectivity index is 2.08. The molecule has 0 amide bonds. The molecule has 0 saturated heterocycles. The van der Waals surface area contributed by atoms with E-state index in [9.17, 15) is 4.39 Å². The summed E-state index contributed by atoms with van der Waals surface area (Å²) in [7, 11) is 1.82. The molecular weight excluding hydrogens is 287 g/mol. The molecule has 4 rings (SSSR count). The molecule has 106 valence electrons. The van der Waals surface area contributed by atoms with Crippen molar-refractivity contribution in [1.82, 2.24) is 15.2 Å². The lowest BCUT2D eigenvalue weighted by molar-refractivity contribution is 0.636. The minimum atomic E-state index is -0.276. The van der Waals surface area contributed by atoms with E-state index >= 15 is 0 Å². The third kappa shape index (κ3) is 1.90. The first-order chi connectivity index (χ1) is 10.3. The first kappa shape index (κ1) is 12.6. The summed E-state index contributed by atoms with van der Waals surface area (Å²) < 4.78 is 14.1. The largest absolute Gasteiger partial charge is 0.363 e. The predicted octanol–water partition coefficient (Wildman–Crippen LogP) is 3.42. The van der Waals surface area contributed by atoms with Crippen LogP contribution >= 0.6 is 11.3 Å². The number of aromatic nitrogens is 3. The molecular formula is C15H13FN4S. The zero-order valence-electron chi connectivity index (χ0n) is 11.5. The molecule has 1 aromatic carbocycles. The fourth-order valence-electron chi connectivity index (χ4n) is 2.92. The number of hydrogen-bond acceptors (Lipinski definition) is 5. The molecule has 1 N–H and O–H groups in total. The first-order valence-electron chi connectivity index (χ1n) is 6.89. The van der Waals surface area contributed by atoms with Crippen LogP contribution in [0.3, 0.4) is 0 Å². The van der Waals surface area contributed by atoms with E-state index in [0.29, 0.717) is 5.52 Å². The van der Waals surface area contributed by atoms with Gasteiger partial charge in [0.25, 0.3) is 0 Å². The van der Waals surface area contributed by atoms with Crippen LogP contribution in [0.1, 0.15) is 17.7 Å². The van der Waals surface area contributed by atoms with Gasteiger partial charge in [-0.3, -0.25) is 0 Å². The summed E-state index contributed by atoms with van der Waals surface area (Å²) in [5.74, 6) is -0.276. The van der Waals surface area contributed by atoms with Gasteiger partial charge in [0, 0.05) is 23.7 Å². The Morgan fingerprint density at radius 1 is 1.24 bits per heavy atom. The Morgan fingerprint density at radius 2 is 2.14 bits per heavy atom. The fraction of sp³-hybridized carbons (Fsp3) is 0.267. The number of para-hydroxylation sites is 1. The van der Waals surface area contributed by atoms with Crippen LogP contribution in [0.5, 0.6) is 0 Å². The molecule has 2 heterocycles. The molecule has 1 aliphatic carbocycles. The SMILES string of the molecule is CNc1nnc(-c2c3c(nc4c(F)cccc24)CCC3)s1. The summed E-state index contributed by atoms with van der Waals surface area (Å²) in [4.78, 5) is 4.53. The Morgan fingerprint density at radius 3 is 2.95 bits per heavy atom. The summed E-state index contributed by atoms with van der Waals surface area (Å²) in [5.41, 5.74) is 3.65. The third-order valence-electron chi connectivity index (χ3n) is 3.85. The number of fused-ring (bicyclic) bond motifs is 2. The van der Waals surface area contributed by atoms with Crippen molar-refractivity contribution in [3.8, 4) is 10.6 Å². The van der Waals surface area contributed by atoms with Gasteiger partial charge in [-0.05, 0) is 30.9 Å². The maximum absolute atomic E-state index is 14.1. The van der Waals surface area contributed by atoms with E-state index in [2.05, 4.69) is 20.5 Å². The average molecular weight is 300 g/mol. The molecule has 0 unspecified atom stereocenters. The molecule has 1 aliphatic rings. The number of nitrogens with one attached hydrogen (secondary N) is 1. The molecule has 0 saturated carbocycles. The standard InChI is InChI=1S/C15H13FN4S/c1-17-15-20-19-14(21-15)12-8-4-3-7-11(8)18-13-9(12)5-2-6-10(13)16/h2,5-6H,3-4,7H2,1H3,(H,17,20). The summed E-state index contributed by atoms with van der Waals surface area (Å²) >= 11 is 1.49. The van der Waals surface area contributed by atoms with Crippen LogP contribution in [0, 0.1) is 5.82 Å². The highest BCUT2D eigenvalue weighted by atomic mass is 32.1. The van der Waals surface area contributed by atoms with Gasteiger partial charge < -0.3 is 5.32 Å². The number of anilines is 1. The van der Waals surface area contributed by atoms with Crippen LogP contribution < -0.4 is 5.32 Å². The Bertz CT molecular complexity index is 843. The monoisotopic (exact) mass is 300 g/mol. The highest BCUT2D eigenvalue weighted by Crippen LogP contribution is 2.39. The van der Waals surface area contributed by atoms with Crippen molar-refractivity contribution in [2.75, 3.05) is 12.4 Å². The lowest BCUT2D eigenvalue weighted by atomic mass is 10.0. The molecule has 3 aromatic rings. The molecule has 6 heteroatoms. The van der Waals surface area contributed by atoms with E-state index in [1.807, 2.05) is 13.1 Å². The number of rotatable bonds is 2. The number of aryl methyl sites for hydroxylation is 1. The van der Waals surface area contributed by atoms with Gasteiger partial charge in [0.2, 0.25) is 5.13 Å². The zero-order valence-corrected chi connectivity index (χ0v) is 12.3. The Hall–Kier alpha value is -2.08. The second-order valence-corrected chi connectivity index (χ2v) is 6.04. The van der Waals surface area contributed by atoms with Crippen LogP contribution in [0.25, 0.3) is 21.5 Å². The highest BCUT2D eigenvalue weighted by molar-refractivity contribution is 7.18. The minimum absolute atomic E-state index is 0.276. The molecule has 0 bridgehead atoms. The van der Waals surface area contributed by atoms with Gasteiger partial charge in [-0.15, -0.1) is 10.2 Å². The predicted molar refractivity (Wildman–Crippen MR) is 82.2 cm³/mol. The maximum atomic E-state index is 14.1. The fourth-order valence-corrected chi connectivity index (χ4v) is 3.70. The van der Waals surface area contributed by atoms with Crippen LogP contribution in [-0.2, 0) is 12.8 Å². The van der Waals surface area contributed by atoms with Crippen molar-refractivity contribution < 1.29 is 4.39 Å². The van der Waals surface area contributed by atoms with Crippen molar-refractivity contribution in [2.45, 2.75) is 19.3 Å². The molecule has 2 aromatic heterocycles. The van der Waals surface area contributed by atoms with E-state index < -0.39 is 0 Å². The van der Waals surface area contributed by atoms with Crippen LogP contribution in [0.15, 0.2) is 18.2 Å². The Labute approximate surface area is 125 Å². The van der Waals surface area contributed by atoms with E-state index in [1.54, 1.807) is 6.07 Å². The number of benzene rings is 1. The molecule has 0 aliphatic heterocycles. The van der Waals surface area contributed by atoms with Crippen molar-refractivity contribution in [3.63, 3.8) is 0 Å². The molecule has 0 radical (unpaired) electrons. The molecule has 0 fully saturated rings. The number of pyridine rings is 1. The Kier molecular flexibility index (Phi) is 2.85. The third-order valence-corrected chi connectivity index (χ3v) is 4.80. The second kappa shape index (κ2) is 4.73. The molecule has 0 spiro atoms. The smallest absolute Gasteiger partial charge is 0.205 e. The number of halogens is 1. The summed E-state index contributed by atoms with van der Waals surface area (Å²) in [6, 6.07) is 5.10. The minimum Gasteiger partial charge on any atom is -0.363 e. The van der Waals surface area contributed by atoms with Crippen molar-refractivity contribution in [3.05, 3.63) is 35.3 Å². The number of nitrogens with zero attached hydrogens (tertiary/aromatic N) is 3. The maximum Gasteiger partial charge on any atom is 0.205 e. The number of hydrogen-bond donors (Lipinski definition) is 1. The van der Waals surface area contributed by atoms with Crippen LogP contribution in [-0.4, -0.2) is 22.2 Å². The summed E-state index contributed by atoms with van der Waals surface area (Å²) in [6.07, 6.45) is 2.94. The van der Waals surface area contributed by atoms with Gasteiger partial charge in [0.15, 0.2) is 5.01 Å². The quantitative estimate of drug-likeness (QED) is 0.788. The first-order valence-corrected chi connectivity index (χ1v) is 7.71. The van der Waals surface area contributed by atoms with E-state index in [1.165, 1.54) is 23.0 Å². The van der Waals surface area contributed by atoms with Gasteiger partial charge in [-0.25, -0.2) is 9.37 Å². The van der Waals surface area contributed by atoms with Crippen molar-refractivity contribution in [1.29, 1.82) is 0 Å². The second-order valence-electron chi connectivity index (χ2n) is 5.06. The van der Waals surface area contributed by atoms with Gasteiger partial charge in [0.1, 0.15) is 11.3 Å². The average Bonchev–Trinajstić information content (AvgIpc) is 3.14. The zero-order chi connectivity index (χ0) is 14.4. The highest BCUT2D eigenvalue weighted by Gasteiger charge is 2.23. The molecule has 0 atom stereocenters. The van der Waals surface area contributed by atoms with Crippen LogP contribution in [0.4, 0.5) is 9.52 Å². The van der Waals surface area contributed by atoms with E-state index in [4.69, 9.17) is 0 Å². The van der Waals surface area contributed by atoms with Gasteiger partial charge in [-0.1, -0.05) is 23.5 Å². The summed E-state index contributed by atoms with van der Waals surface area (Å²) in [6.45, 7) is 0. The van der Waals surface area contributed by atoms with Crippen molar-refractivity contribution in [2.24, 2.45) is 0 Å². The molecule has 4 nitrogen and oxygen atoms in total. The topological polar surface area (TPSA) is 50.7 Å². The van der Waals surface area contributed by atoms with Crippen LogP contribution in [0.2, 0.25) is 0 Å². The van der Waals surface area contributed by atoms with E-state index in [0.717, 1.165) is 46.0 Å². The van der Waals surface area contributed by atoms with E-state index in [-0.39, 0.29) is 5.82 Å². The lowest BCUT2D eigenvalue weighted by Crippen LogP contribution is -1.97. The van der Waals surface area contributed by atoms with Crippen molar-refractivity contribution >= 4 is 27.4 Å². The van der Waals surface area contributed by atoms with Gasteiger partial charge in [0.05, 0.1) is 0 Å².